The minimum atomic E-state index is -1.01. The summed E-state index contributed by atoms with van der Waals surface area (Å²) in [5, 5.41) is 16.0. The number of fused-ring (bicyclic) bond motifs is 3. The Hall–Kier alpha value is -3.94. The predicted octanol–water partition coefficient (Wildman–Crippen LogP) is 3.59. The quantitative estimate of drug-likeness (QED) is 0.503. The fourth-order valence-corrected chi connectivity index (χ4v) is 3.06. The van der Waals surface area contributed by atoms with Crippen LogP contribution in [0, 0.1) is 6.92 Å². The number of aromatic carboxylic acids is 1. The van der Waals surface area contributed by atoms with Gasteiger partial charge in [-0.2, -0.15) is 0 Å². The molecular weight excluding hydrogens is 358 g/mol. The molecule has 0 saturated heterocycles. The van der Waals surface area contributed by atoms with Gasteiger partial charge in [0.2, 0.25) is 11.9 Å². The van der Waals surface area contributed by atoms with Crippen molar-refractivity contribution in [2.24, 2.45) is 0 Å². The first-order valence-corrected chi connectivity index (χ1v) is 8.58. The molecule has 4 aromatic rings. The molecule has 2 aromatic carbocycles. The first-order chi connectivity index (χ1) is 13.4. The topological polar surface area (TPSA) is 109 Å². The SMILES string of the molecule is CC(=O)Nc1cccc(Nc2nc3cc(C(=O)O)ccc3c3nc(C)cn23)c1. The van der Waals surface area contributed by atoms with Gasteiger partial charge in [-0.3, -0.25) is 9.20 Å². The van der Waals surface area contributed by atoms with E-state index in [-0.39, 0.29) is 11.5 Å². The standard InChI is InChI=1S/C20H17N5O3/c1-11-10-25-18(21-11)16-7-6-13(19(27)28)8-17(16)24-20(25)23-15-5-3-4-14(9-15)22-12(2)26/h3-10H,1-2H3,(H,22,26)(H,23,24)(H,27,28). The number of imidazole rings is 1. The Kier molecular flexibility index (Phi) is 4.15. The van der Waals surface area contributed by atoms with Crippen molar-refractivity contribution in [3.05, 3.63) is 59.9 Å². The van der Waals surface area contributed by atoms with Crippen LogP contribution in [0.5, 0.6) is 0 Å². The fraction of sp³-hybridized carbons (Fsp3) is 0.100. The van der Waals surface area contributed by atoms with E-state index in [1.165, 1.54) is 13.0 Å². The maximum Gasteiger partial charge on any atom is 0.335 e. The van der Waals surface area contributed by atoms with Crippen molar-refractivity contribution in [3.8, 4) is 0 Å². The van der Waals surface area contributed by atoms with Crippen LogP contribution in [-0.4, -0.2) is 31.4 Å². The van der Waals surface area contributed by atoms with Crippen molar-refractivity contribution < 1.29 is 14.7 Å². The average molecular weight is 375 g/mol. The van der Waals surface area contributed by atoms with Gasteiger partial charge in [0.1, 0.15) is 5.65 Å². The van der Waals surface area contributed by atoms with Gasteiger partial charge in [-0.1, -0.05) is 6.07 Å². The number of benzene rings is 2. The van der Waals surface area contributed by atoms with Crippen LogP contribution >= 0.6 is 0 Å². The summed E-state index contributed by atoms with van der Waals surface area (Å²) in [6.07, 6.45) is 1.85. The number of nitrogens with one attached hydrogen (secondary N) is 2. The Labute approximate surface area is 159 Å². The van der Waals surface area contributed by atoms with Crippen molar-refractivity contribution in [1.82, 2.24) is 14.4 Å². The van der Waals surface area contributed by atoms with E-state index in [0.29, 0.717) is 22.8 Å². The van der Waals surface area contributed by atoms with Crippen LogP contribution in [0.4, 0.5) is 17.3 Å². The van der Waals surface area contributed by atoms with Crippen LogP contribution in [0.3, 0.4) is 0 Å². The highest BCUT2D eigenvalue weighted by molar-refractivity contribution is 5.98. The maximum atomic E-state index is 11.3. The number of aromatic nitrogens is 3. The lowest BCUT2D eigenvalue weighted by Crippen LogP contribution is -2.06. The maximum absolute atomic E-state index is 11.3. The Morgan fingerprint density at radius 3 is 2.61 bits per heavy atom. The van der Waals surface area contributed by atoms with E-state index < -0.39 is 5.97 Å². The van der Waals surface area contributed by atoms with Crippen molar-refractivity contribution in [3.63, 3.8) is 0 Å². The van der Waals surface area contributed by atoms with Crippen molar-refractivity contribution in [2.45, 2.75) is 13.8 Å². The van der Waals surface area contributed by atoms with Gasteiger partial charge in [0.25, 0.3) is 0 Å². The highest BCUT2D eigenvalue weighted by Gasteiger charge is 2.13. The summed E-state index contributed by atoms with van der Waals surface area (Å²) in [6.45, 7) is 3.33. The van der Waals surface area contributed by atoms with E-state index in [4.69, 9.17) is 0 Å². The van der Waals surface area contributed by atoms with E-state index >= 15 is 0 Å². The molecule has 0 atom stereocenters. The molecule has 0 aliphatic heterocycles. The second kappa shape index (κ2) is 6.66. The van der Waals surface area contributed by atoms with Gasteiger partial charge in [0.05, 0.1) is 16.8 Å². The fourth-order valence-electron chi connectivity index (χ4n) is 3.06. The zero-order chi connectivity index (χ0) is 19.8. The first kappa shape index (κ1) is 17.5. The highest BCUT2D eigenvalue weighted by Crippen LogP contribution is 2.26. The molecule has 0 bridgehead atoms. The molecule has 0 aliphatic carbocycles. The van der Waals surface area contributed by atoms with E-state index in [1.807, 2.05) is 29.7 Å². The highest BCUT2D eigenvalue weighted by atomic mass is 16.4. The van der Waals surface area contributed by atoms with Crippen LogP contribution in [0.15, 0.2) is 48.7 Å². The number of aryl methyl sites for hydroxylation is 1. The molecule has 2 heterocycles. The summed E-state index contributed by atoms with van der Waals surface area (Å²) in [6, 6.07) is 12.0. The number of nitrogens with zero attached hydrogens (tertiary/aromatic N) is 3. The van der Waals surface area contributed by atoms with Gasteiger partial charge in [0, 0.05) is 29.9 Å². The summed E-state index contributed by atoms with van der Waals surface area (Å²) in [5.41, 5.74) is 3.56. The lowest BCUT2D eigenvalue weighted by atomic mass is 10.1. The molecule has 1 amide bonds. The van der Waals surface area contributed by atoms with Gasteiger partial charge in [0.15, 0.2) is 0 Å². The predicted molar refractivity (Wildman–Crippen MR) is 106 cm³/mol. The Bertz CT molecular complexity index is 1250. The number of anilines is 3. The smallest absolute Gasteiger partial charge is 0.335 e. The monoisotopic (exact) mass is 375 g/mol. The molecule has 0 radical (unpaired) electrons. The Balaban J connectivity index is 1.85. The molecule has 4 rings (SSSR count). The van der Waals surface area contributed by atoms with Crippen LogP contribution in [0.1, 0.15) is 23.0 Å². The third-order valence-electron chi connectivity index (χ3n) is 4.21. The molecule has 0 saturated carbocycles. The zero-order valence-corrected chi connectivity index (χ0v) is 15.2. The molecule has 0 unspecified atom stereocenters. The summed E-state index contributed by atoms with van der Waals surface area (Å²) < 4.78 is 1.82. The van der Waals surface area contributed by atoms with E-state index in [0.717, 1.165) is 16.8 Å². The molecule has 8 nitrogen and oxygen atoms in total. The summed E-state index contributed by atoms with van der Waals surface area (Å²) in [7, 11) is 0. The van der Waals surface area contributed by atoms with E-state index in [2.05, 4.69) is 20.6 Å². The molecule has 0 spiro atoms. The minimum absolute atomic E-state index is 0.158. The zero-order valence-electron chi connectivity index (χ0n) is 15.2. The number of hydrogen-bond donors (Lipinski definition) is 3. The summed E-state index contributed by atoms with van der Waals surface area (Å²) in [5.74, 6) is -0.680. The molecule has 0 fully saturated rings. The van der Waals surface area contributed by atoms with Crippen molar-refractivity contribution in [2.75, 3.05) is 10.6 Å². The van der Waals surface area contributed by atoms with E-state index in [9.17, 15) is 14.7 Å². The van der Waals surface area contributed by atoms with Gasteiger partial charge < -0.3 is 15.7 Å². The number of carbonyl (C=O) groups excluding carboxylic acids is 1. The number of carboxylic acids is 1. The van der Waals surface area contributed by atoms with Crippen LogP contribution < -0.4 is 10.6 Å². The van der Waals surface area contributed by atoms with Gasteiger partial charge in [-0.05, 0) is 43.3 Å². The minimum Gasteiger partial charge on any atom is -0.478 e. The van der Waals surface area contributed by atoms with Gasteiger partial charge in [-0.25, -0.2) is 14.8 Å². The second-order valence-electron chi connectivity index (χ2n) is 6.44. The van der Waals surface area contributed by atoms with Gasteiger partial charge in [-0.15, -0.1) is 0 Å². The first-order valence-electron chi connectivity index (χ1n) is 8.58. The lowest BCUT2D eigenvalue weighted by Gasteiger charge is -2.11. The Morgan fingerprint density at radius 2 is 1.86 bits per heavy atom. The third-order valence-corrected chi connectivity index (χ3v) is 4.21. The van der Waals surface area contributed by atoms with Gasteiger partial charge >= 0.3 is 5.97 Å². The number of carboxylic acid groups (broad SMARTS) is 1. The lowest BCUT2D eigenvalue weighted by molar-refractivity contribution is -0.114. The molecular formula is C20H17N5O3. The summed E-state index contributed by atoms with van der Waals surface area (Å²) >= 11 is 0. The van der Waals surface area contributed by atoms with Crippen molar-refractivity contribution in [1.29, 1.82) is 0 Å². The molecule has 0 aliphatic rings. The third kappa shape index (κ3) is 3.23. The number of amides is 1. The largest absolute Gasteiger partial charge is 0.478 e. The molecule has 140 valence electrons. The number of carbonyl (C=O) groups is 2. The van der Waals surface area contributed by atoms with Crippen LogP contribution in [0.25, 0.3) is 16.6 Å². The van der Waals surface area contributed by atoms with E-state index in [1.54, 1.807) is 24.3 Å². The average Bonchev–Trinajstić information content (AvgIpc) is 3.03. The molecule has 3 N–H and O–H groups in total. The normalized spacial score (nSPS) is 10.9. The second-order valence-corrected chi connectivity index (χ2v) is 6.44. The molecule has 2 aromatic heterocycles. The number of hydrogen-bond acceptors (Lipinski definition) is 5. The molecule has 28 heavy (non-hydrogen) atoms. The van der Waals surface area contributed by atoms with Crippen LogP contribution in [0.2, 0.25) is 0 Å². The molecule has 8 heteroatoms. The van der Waals surface area contributed by atoms with Crippen molar-refractivity contribution >= 4 is 45.7 Å². The Morgan fingerprint density at radius 1 is 1.07 bits per heavy atom. The van der Waals surface area contributed by atoms with Crippen LogP contribution in [-0.2, 0) is 4.79 Å². The summed E-state index contributed by atoms with van der Waals surface area (Å²) in [4.78, 5) is 31.8. The number of rotatable bonds is 4.